The first-order valence-corrected chi connectivity index (χ1v) is 11.1. The Balaban J connectivity index is 1.64. The summed E-state index contributed by atoms with van der Waals surface area (Å²) >= 11 is 0. The molecule has 0 aromatic heterocycles. The van der Waals surface area contributed by atoms with Crippen molar-refractivity contribution in [1.29, 1.82) is 0 Å². The van der Waals surface area contributed by atoms with E-state index in [0.29, 0.717) is 17.2 Å². The van der Waals surface area contributed by atoms with Gasteiger partial charge in [0.05, 0.1) is 25.7 Å². The van der Waals surface area contributed by atoms with Gasteiger partial charge in [0.25, 0.3) is 0 Å². The fourth-order valence-corrected chi connectivity index (χ4v) is 4.52. The number of nitrogens with zero attached hydrogens (tertiary/aromatic N) is 2. The summed E-state index contributed by atoms with van der Waals surface area (Å²) in [5.41, 5.74) is 1.75. The number of anilines is 2. The summed E-state index contributed by atoms with van der Waals surface area (Å²) in [6, 6.07) is 11.9. The van der Waals surface area contributed by atoms with Crippen molar-refractivity contribution in [3.8, 4) is 11.5 Å². The molecule has 8 nitrogen and oxygen atoms in total. The zero-order valence-corrected chi connectivity index (χ0v) is 18.2. The topological polar surface area (TPSA) is 88.2 Å². The largest absolute Gasteiger partial charge is 0.493 e. The number of rotatable bonds is 8. The van der Waals surface area contributed by atoms with E-state index in [1.807, 2.05) is 24.3 Å². The molecule has 162 valence electrons. The second kappa shape index (κ2) is 9.36. The lowest BCUT2D eigenvalue weighted by atomic mass is 10.2. The highest BCUT2D eigenvalue weighted by molar-refractivity contribution is 7.89. The van der Waals surface area contributed by atoms with E-state index in [2.05, 4.69) is 10.2 Å². The number of hydrogen-bond donors (Lipinski definition) is 1. The number of likely N-dealkylation sites (N-methyl/N-ethyl adjacent to an activating group) is 1. The molecule has 9 heteroatoms. The molecular formula is C21H27N3O5S. The van der Waals surface area contributed by atoms with Crippen molar-refractivity contribution in [1.82, 2.24) is 4.31 Å². The molecule has 0 spiro atoms. The van der Waals surface area contributed by atoms with Crippen LogP contribution in [-0.2, 0) is 14.8 Å². The van der Waals surface area contributed by atoms with Gasteiger partial charge in [0.1, 0.15) is 0 Å². The van der Waals surface area contributed by atoms with Gasteiger partial charge in [-0.1, -0.05) is 0 Å². The van der Waals surface area contributed by atoms with Crippen LogP contribution in [0.15, 0.2) is 47.4 Å². The monoisotopic (exact) mass is 433 g/mol. The normalized spacial score (nSPS) is 14.1. The van der Waals surface area contributed by atoms with Crippen molar-refractivity contribution in [2.45, 2.75) is 17.7 Å². The zero-order valence-electron chi connectivity index (χ0n) is 17.4. The maximum Gasteiger partial charge on any atom is 0.243 e. The minimum absolute atomic E-state index is 0.0189. The average molecular weight is 434 g/mol. The van der Waals surface area contributed by atoms with Crippen LogP contribution in [-0.4, -0.2) is 59.5 Å². The number of methoxy groups -OCH3 is 2. The van der Waals surface area contributed by atoms with Crippen molar-refractivity contribution in [3.05, 3.63) is 42.5 Å². The predicted molar refractivity (Wildman–Crippen MR) is 116 cm³/mol. The molecule has 3 rings (SSSR count). The van der Waals surface area contributed by atoms with Crippen LogP contribution in [0, 0.1) is 0 Å². The Morgan fingerprint density at radius 1 is 1.03 bits per heavy atom. The van der Waals surface area contributed by atoms with E-state index < -0.39 is 15.9 Å². The number of hydrogen-bond acceptors (Lipinski definition) is 6. The third kappa shape index (κ3) is 4.85. The van der Waals surface area contributed by atoms with Crippen LogP contribution in [0.3, 0.4) is 0 Å². The molecule has 0 unspecified atom stereocenters. The minimum atomic E-state index is -3.87. The van der Waals surface area contributed by atoms with Crippen molar-refractivity contribution >= 4 is 27.3 Å². The highest BCUT2D eigenvalue weighted by atomic mass is 32.2. The second-order valence-corrected chi connectivity index (χ2v) is 9.11. The van der Waals surface area contributed by atoms with Crippen LogP contribution in [0.2, 0.25) is 0 Å². The van der Waals surface area contributed by atoms with Gasteiger partial charge in [0.15, 0.2) is 11.5 Å². The molecule has 1 aliphatic rings. The first-order chi connectivity index (χ1) is 14.3. The molecule has 1 amide bonds. The third-order valence-electron chi connectivity index (χ3n) is 5.05. The molecule has 1 heterocycles. The summed E-state index contributed by atoms with van der Waals surface area (Å²) in [6.45, 7) is 1.78. The number of ether oxygens (including phenoxy) is 2. The van der Waals surface area contributed by atoms with Gasteiger partial charge in [-0.3, -0.25) is 4.79 Å². The first kappa shape index (κ1) is 21.9. The Labute approximate surface area is 177 Å². The van der Waals surface area contributed by atoms with Crippen LogP contribution in [0.25, 0.3) is 0 Å². The van der Waals surface area contributed by atoms with E-state index in [1.165, 1.54) is 52.3 Å². The van der Waals surface area contributed by atoms with E-state index in [-0.39, 0.29) is 11.4 Å². The van der Waals surface area contributed by atoms with Crippen molar-refractivity contribution in [2.24, 2.45) is 0 Å². The van der Waals surface area contributed by atoms with Crippen LogP contribution in [0.4, 0.5) is 11.4 Å². The molecule has 1 fully saturated rings. The van der Waals surface area contributed by atoms with Crippen LogP contribution >= 0.6 is 0 Å². The maximum atomic E-state index is 12.8. The minimum Gasteiger partial charge on any atom is -0.493 e. The molecule has 2 aromatic carbocycles. The molecule has 2 aromatic rings. The molecular weight excluding hydrogens is 406 g/mol. The summed E-state index contributed by atoms with van der Waals surface area (Å²) in [7, 11) is 0.395. The van der Waals surface area contributed by atoms with Crippen LogP contribution in [0.5, 0.6) is 11.5 Å². The second-order valence-electron chi connectivity index (χ2n) is 7.07. The number of carbonyl (C=O) groups is 1. The SMILES string of the molecule is COc1ccc(S(=O)(=O)N(C)CC(=O)Nc2ccc(N3CCCC3)cc2)cc1OC. The molecule has 1 N–H and O–H groups in total. The van der Waals surface area contributed by atoms with Gasteiger partial charge in [-0.2, -0.15) is 4.31 Å². The number of amides is 1. The van der Waals surface area contributed by atoms with Crippen LogP contribution in [0.1, 0.15) is 12.8 Å². The van der Waals surface area contributed by atoms with Gasteiger partial charge < -0.3 is 19.7 Å². The Morgan fingerprint density at radius 2 is 1.67 bits per heavy atom. The average Bonchev–Trinajstić information content (AvgIpc) is 3.28. The van der Waals surface area contributed by atoms with Gasteiger partial charge in [-0.25, -0.2) is 8.42 Å². The zero-order chi connectivity index (χ0) is 21.7. The van der Waals surface area contributed by atoms with E-state index in [4.69, 9.17) is 9.47 Å². The predicted octanol–water partition coefficient (Wildman–Crippen LogP) is 2.56. The van der Waals surface area contributed by atoms with Crippen molar-refractivity contribution in [2.75, 3.05) is 51.1 Å². The lowest BCUT2D eigenvalue weighted by Gasteiger charge is -2.19. The van der Waals surface area contributed by atoms with Gasteiger partial charge in [-0.15, -0.1) is 0 Å². The Kier molecular flexibility index (Phi) is 6.84. The molecule has 1 saturated heterocycles. The molecule has 0 radical (unpaired) electrons. The quantitative estimate of drug-likeness (QED) is 0.688. The van der Waals surface area contributed by atoms with E-state index >= 15 is 0 Å². The molecule has 0 saturated carbocycles. The summed E-state index contributed by atoms with van der Waals surface area (Å²) in [6.07, 6.45) is 2.39. The van der Waals surface area contributed by atoms with Gasteiger partial charge in [0, 0.05) is 37.6 Å². The van der Waals surface area contributed by atoms with E-state index in [0.717, 1.165) is 23.1 Å². The fraction of sp³-hybridized carbons (Fsp3) is 0.381. The Bertz CT molecular complexity index is 986. The van der Waals surface area contributed by atoms with Gasteiger partial charge in [0.2, 0.25) is 15.9 Å². The summed E-state index contributed by atoms with van der Waals surface area (Å²) in [5, 5.41) is 2.75. The summed E-state index contributed by atoms with van der Waals surface area (Å²) in [5.74, 6) is 0.305. The number of carbonyl (C=O) groups excluding carboxylic acids is 1. The number of sulfonamides is 1. The number of benzene rings is 2. The summed E-state index contributed by atoms with van der Waals surface area (Å²) < 4.78 is 37.0. The third-order valence-corrected chi connectivity index (χ3v) is 6.85. The molecule has 0 bridgehead atoms. The molecule has 30 heavy (non-hydrogen) atoms. The van der Waals surface area contributed by atoms with Crippen molar-refractivity contribution < 1.29 is 22.7 Å². The van der Waals surface area contributed by atoms with Gasteiger partial charge in [-0.05, 0) is 49.2 Å². The highest BCUT2D eigenvalue weighted by Crippen LogP contribution is 2.30. The van der Waals surface area contributed by atoms with E-state index in [1.54, 1.807) is 0 Å². The first-order valence-electron chi connectivity index (χ1n) is 9.68. The lowest BCUT2D eigenvalue weighted by Crippen LogP contribution is -2.35. The van der Waals surface area contributed by atoms with Crippen LogP contribution < -0.4 is 19.7 Å². The summed E-state index contributed by atoms with van der Waals surface area (Å²) in [4.78, 5) is 14.7. The lowest BCUT2D eigenvalue weighted by molar-refractivity contribution is -0.116. The standard InChI is InChI=1S/C21H27N3O5S/c1-23(30(26,27)18-10-11-19(28-2)20(14-18)29-3)15-21(25)22-16-6-8-17(9-7-16)24-12-4-5-13-24/h6-11,14H,4-5,12-13,15H2,1-3H3,(H,22,25). The smallest absolute Gasteiger partial charge is 0.243 e. The molecule has 0 aliphatic carbocycles. The van der Waals surface area contributed by atoms with Gasteiger partial charge >= 0.3 is 0 Å². The highest BCUT2D eigenvalue weighted by Gasteiger charge is 2.24. The number of nitrogens with one attached hydrogen (secondary N) is 1. The Morgan fingerprint density at radius 3 is 2.27 bits per heavy atom. The van der Waals surface area contributed by atoms with Crippen molar-refractivity contribution in [3.63, 3.8) is 0 Å². The molecule has 0 atom stereocenters. The molecule has 1 aliphatic heterocycles. The Hall–Kier alpha value is -2.78. The fourth-order valence-electron chi connectivity index (χ4n) is 3.38. The maximum absolute atomic E-state index is 12.8. The van der Waals surface area contributed by atoms with E-state index in [9.17, 15) is 13.2 Å².